The third-order valence-corrected chi connectivity index (χ3v) is 4.63. The molecule has 0 fully saturated rings. The summed E-state index contributed by atoms with van der Waals surface area (Å²) in [6.45, 7) is 6.61. The molecular weight excluding hydrogens is 343 g/mol. The van der Waals surface area contributed by atoms with Crippen molar-refractivity contribution in [1.82, 2.24) is 4.72 Å². The Labute approximate surface area is 140 Å². The van der Waals surface area contributed by atoms with Crippen LogP contribution < -0.4 is 10.0 Å². The first kappa shape index (κ1) is 20.1. The molecule has 0 aliphatic heterocycles. The van der Waals surface area contributed by atoms with Gasteiger partial charge in [0, 0.05) is 5.69 Å². The Morgan fingerprint density at radius 3 is 2.33 bits per heavy atom. The van der Waals surface area contributed by atoms with Crippen molar-refractivity contribution in [2.75, 3.05) is 5.32 Å². The highest BCUT2D eigenvalue weighted by molar-refractivity contribution is 7.84. The van der Waals surface area contributed by atoms with E-state index >= 15 is 0 Å². The number of alkyl halides is 3. The van der Waals surface area contributed by atoms with Gasteiger partial charge in [0.1, 0.15) is 0 Å². The number of hydrogen-bond acceptors (Lipinski definition) is 3. The van der Waals surface area contributed by atoms with Gasteiger partial charge in [-0.25, -0.2) is 8.93 Å². The maximum absolute atomic E-state index is 12.9. The second-order valence-electron chi connectivity index (χ2n) is 6.08. The molecule has 1 rings (SSSR count). The van der Waals surface area contributed by atoms with Crippen LogP contribution in [-0.4, -0.2) is 20.9 Å². The summed E-state index contributed by atoms with van der Waals surface area (Å²) in [5, 5.41) is 11.1. The smallest absolute Gasteiger partial charge is 0.325 e. The standard InChI is InChI=1S/C15H18F3N3O2S/c1-9(21-24(23)14(2,3)4)13(22)20-11-6-5-10(8-19)12(7-11)15(16,17)18/h5-7,9,21H,1-4H3,(H,20,22). The van der Waals surface area contributed by atoms with E-state index in [2.05, 4.69) is 10.0 Å². The Bertz CT molecular complexity index is 691. The van der Waals surface area contributed by atoms with Gasteiger partial charge >= 0.3 is 6.18 Å². The summed E-state index contributed by atoms with van der Waals surface area (Å²) in [5.41, 5.74) is -1.75. The van der Waals surface area contributed by atoms with E-state index in [0.29, 0.717) is 6.07 Å². The van der Waals surface area contributed by atoms with Gasteiger partial charge in [0.25, 0.3) is 0 Å². The first-order chi connectivity index (χ1) is 10.9. The van der Waals surface area contributed by atoms with Gasteiger partial charge in [0.05, 0.1) is 39.0 Å². The Morgan fingerprint density at radius 2 is 1.88 bits per heavy atom. The number of carbonyl (C=O) groups is 1. The number of amides is 1. The van der Waals surface area contributed by atoms with E-state index in [9.17, 15) is 22.2 Å². The average Bonchev–Trinajstić information content (AvgIpc) is 2.45. The normalized spacial score (nSPS) is 14.6. The van der Waals surface area contributed by atoms with Crippen LogP contribution in [0.15, 0.2) is 18.2 Å². The highest BCUT2D eigenvalue weighted by Crippen LogP contribution is 2.33. The molecule has 0 bridgehead atoms. The molecular formula is C15H18F3N3O2S. The first-order valence-electron chi connectivity index (χ1n) is 6.96. The molecule has 2 N–H and O–H groups in total. The summed E-state index contributed by atoms with van der Waals surface area (Å²) < 4.78 is 52.6. The van der Waals surface area contributed by atoms with Crippen molar-refractivity contribution in [2.24, 2.45) is 0 Å². The molecule has 5 nitrogen and oxygen atoms in total. The highest BCUT2D eigenvalue weighted by Gasteiger charge is 2.34. The van der Waals surface area contributed by atoms with Crippen LogP contribution in [0.1, 0.15) is 38.8 Å². The number of nitrogens with one attached hydrogen (secondary N) is 2. The Hall–Kier alpha value is -1.92. The number of carbonyl (C=O) groups excluding carboxylic acids is 1. The monoisotopic (exact) mass is 361 g/mol. The van der Waals surface area contributed by atoms with Gasteiger partial charge in [-0.15, -0.1) is 0 Å². The number of benzene rings is 1. The predicted molar refractivity (Wildman–Crippen MR) is 85.3 cm³/mol. The Morgan fingerprint density at radius 1 is 1.29 bits per heavy atom. The van der Waals surface area contributed by atoms with Crippen molar-refractivity contribution in [2.45, 2.75) is 44.7 Å². The van der Waals surface area contributed by atoms with Crippen molar-refractivity contribution in [3.8, 4) is 6.07 Å². The molecule has 0 aliphatic rings. The molecule has 2 unspecified atom stereocenters. The lowest BCUT2D eigenvalue weighted by atomic mass is 10.1. The summed E-state index contributed by atoms with van der Waals surface area (Å²) in [4.78, 5) is 12.0. The van der Waals surface area contributed by atoms with Crippen LogP contribution in [0.4, 0.5) is 18.9 Å². The minimum atomic E-state index is -4.70. The molecule has 1 amide bonds. The minimum absolute atomic E-state index is 0.0958. The van der Waals surface area contributed by atoms with Crippen LogP contribution >= 0.6 is 0 Å². The number of nitriles is 1. The number of nitrogens with zero attached hydrogens (tertiary/aromatic N) is 1. The fourth-order valence-electron chi connectivity index (χ4n) is 1.60. The largest absolute Gasteiger partial charge is 0.417 e. The summed E-state index contributed by atoms with van der Waals surface area (Å²) >= 11 is 0. The molecule has 0 aliphatic carbocycles. The topological polar surface area (TPSA) is 82.0 Å². The van der Waals surface area contributed by atoms with Crippen LogP contribution in [0.25, 0.3) is 0 Å². The van der Waals surface area contributed by atoms with Gasteiger partial charge in [0.2, 0.25) is 5.91 Å². The van der Waals surface area contributed by atoms with Gasteiger partial charge in [-0.3, -0.25) is 4.79 Å². The van der Waals surface area contributed by atoms with Gasteiger partial charge in [-0.2, -0.15) is 18.4 Å². The van der Waals surface area contributed by atoms with Crippen LogP contribution in [0, 0.1) is 11.3 Å². The maximum atomic E-state index is 12.9. The quantitative estimate of drug-likeness (QED) is 0.865. The first-order valence-corrected chi connectivity index (χ1v) is 8.11. The molecule has 0 aromatic heterocycles. The maximum Gasteiger partial charge on any atom is 0.417 e. The molecule has 0 radical (unpaired) electrons. The number of hydrogen-bond donors (Lipinski definition) is 2. The summed E-state index contributed by atoms with van der Waals surface area (Å²) in [5.74, 6) is -0.634. The van der Waals surface area contributed by atoms with Crippen molar-refractivity contribution >= 4 is 22.6 Å². The van der Waals surface area contributed by atoms with E-state index in [4.69, 9.17) is 5.26 Å². The molecule has 0 saturated heterocycles. The third-order valence-electron chi connectivity index (χ3n) is 2.95. The van der Waals surface area contributed by atoms with Gasteiger partial charge < -0.3 is 5.32 Å². The number of rotatable bonds is 4. The van der Waals surface area contributed by atoms with Crippen molar-refractivity contribution < 1.29 is 22.2 Å². The summed E-state index contributed by atoms with van der Waals surface area (Å²) in [6.07, 6.45) is -4.70. The SMILES string of the molecule is CC(NS(=O)C(C)(C)C)C(=O)Nc1ccc(C#N)c(C(F)(F)F)c1. The fraction of sp³-hybridized carbons (Fsp3) is 0.467. The van der Waals surface area contributed by atoms with Gasteiger partial charge in [-0.1, -0.05) is 0 Å². The van der Waals surface area contributed by atoms with Crippen LogP contribution in [0.3, 0.4) is 0 Å². The van der Waals surface area contributed by atoms with E-state index in [1.54, 1.807) is 20.8 Å². The minimum Gasteiger partial charge on any atom is -0.325 e. The Balaban J connectivity index is 2.92. The predicted octanol–water partition coefficient (Wildman–Crippen LogP) is 2.96. The molecule has 0 heterocycles. The molecule has 2 atom stereocenters. The molecule has 1 aromatic rings. The molecule has 9 heteroatoms. The van der Waals surface area contributed by atoms with Gasteiger partial charge in [-0.05, 0) is 45.9 Å². The zero-order valence-corrected chi connectivity index (χ0v) is 14.4. The number of halogens is 3. The zero-order chi connectivity index (χ0) is 18.7. The summed E-state index contributed by atoms with van der Waals surface area (Å²) in [7, 11) is -1.50. The van der Waals surface area contributed by atoms with E-state index in [1.165, 1.54) is 19.1 Å². The van der Waals surface area contributed by atoms with Crippen LogP contribution in [0.2, 0.25) is 0 Å². The molecule has 132 valence electrons. The highest BCUT2D eigenvalue weighted by atomic mass is 32.2. The second-order valence-corrected chi connectivity index (χ2v) is 8.08. The van der Waals surface area contributed by atoms with E-state index < -0.39 is 45.0 Å². The van der Waals surface area contributed by atoms with E-state index in [-0.39, 0.29) is 5.69 Å². The lowest BCUT2D eigenvalue weighted by Gasteiger charge is -2.21. The van der Waals surface area contributed by atoms with Crippen LogP contribution in [0.5, 0.6) is 0 Å². The summed E-state index contributed by atoms with van der Waals surface area (Å²) in [6, 6.07) is 3.48. The molecule has 0 spiro atoms. The van der Waals surface area contributed by atoms with Crippen LogP contribution in [-0.2, 0) is 22.0 Å². The second kappa shape index (κ2) is 7.32. The lowest BCUT2D eigenvalue weighted by Crippen LogP contribution is -2.44. The van der Waals surface area contributed by atoms with E-state index in [0.717, 1.165) is 6.07 Å². The fourth-order valence-corrected chi connectivity index (χ4v) is 2.38. The van der Waals surface area contributed by atoms with Crippen molar-refractivity contribution in [3.63, 3.8) is 0 Å². The Kier molecular flexibility index (Phi) is 6.14. The molecule has 0 saturated carbocycles. The molecule has 24 heavy (non-hydrogen) atoms. The number of anilines is 1. The average molecular weight is 361 g/mol. The lowest BCUT2D eigenvalue weighted by molar-refractivity contribution is -0.137. The van der Waals surface area contributed by atoms with Crippen molar-refractivity contribution in [1.29, 1.82) is 5.26 Å². The van der Waals surface area contributed by atoms with Gasteiger partial charge in [0.15, 0.2) is 0 Å². The molecule has 1 aromatic carbocycles. The van der Waals surface area contributed by atoms with E-state index in [1.807, 2.05) is 0 Å². The van der Waals surface area contributed by atoms with Crippen molar-refractivity contribution in [3.05, 3.63) is 29.3 Å². The third kappa shape index (κ3) is 5.32. The zero-order valence-electron chi connectivity index (χ0n) is 13.6.